The molecule has 0 amide bonds. The van der Waals surface area contributed by atoms with Gasteiger partial charge >= 0.3 is 0 Å². The maximum Gasteiger partial charge on any atom is 0.0939 e. The van der Waals surface area contributed by atoms with Crippen molar-refractivity contribution in [3.63, 3.8) is 0 Å². The van der Waals surface area contributed by atoms with Gasteiger partial charge < -0.3 is 4.74 Å². The summed E-state index contributed by atoms with van der Waals surface area (Å²) in [5.74, 6) is 0. The Morgan fingerprint density at radius 3 is 3.17 bits per heavy atom. The number of allylic oxidation sites excluding steroid dienone is 4. The van der Waals surface area contributed by atoms with Crippen molar-refractivity contribution in [3.8, 4) is 0 Å². The summed E-state index contributed by atoms with van der Waals surface area (Å²) in [4.78, 5) is 0. The molecule has 0 unspecified atom stereocenters. The quantitative estimate of drug-likeness (QED) is 0.604. The molecule has 2 rings (SSSR count). The van der Waals surface area contributed by atoms with E-state index in [4.69, 9.17) is 4.74 Å². The molecule has 0 saturated carbocycles. The van der Waals surface area contributed by atoms with E-state index in [-0.39, 0.29) is 0 Å². The Labute approximate surface area is 73.4 Å². The van der Waals surface area contributed by atoms with Crippen LogP contribution in [0.2, 0.25) is 0 Å². The zero-order valence-electron chi connectivity index (χ0n) is 7.18. The van der Waals surface area contributed by atoms with Gasteiger partial charge in [-0.1, -0.05) is 12.5 Å². The van der Waals surface area contributed by atoms with Crippen LogP contribution in [0.3, 0.4) is 0 Å². The second kappa shape index (κ2) is 3.18. The van der Waals surface area contributed by atoms with Crippen LogP contribution in [0.15, 0.2) is 35.3 Å². The standard InChI is InChI=1S/C11H13O/c1-2-3-9-4-5-10-8-12-7-6-11(9)10/h6-8H,1-5H2. The van der Waals surface area contributed by atoms with Crippen LogP contribution < -0.4 is 0 Å². The third-order valence-corrected chi connectivity index (χ3v) is 2.43. The molecule has 0 aromatic rings. The molecule has 0 spiro atoms. The lowest BCUT2D eigenvalue weighted by Crippen LogP contribution is -1.88. The van der Waals surface area contributed by atoms with Crippen LogP contribution in [0, 0.1) is 6.92 Å². The third-order valence-electron chi connectivity index (χ3n) is 2.43. The molecular formula is C11H13O. The van der Waals surface area contributed by atoms with Crippen molar-refractivity contribution in [1.82, 2.24) is 0 Å². The molecule has 0 fully saturated rings. The zero-order valence-corrected chi connectivity index (χ0v) is 7.18. The van der Waals surface area contributed by atoms with E-state index in [0.29, 0.717) is 0 Å². The highest BCUT2D eigenvalue weighted by molar-refractivity contribution is 5.48. The lowest BCUT2D eigenvalue weighted by molar-refractivity contribution is 0.393. The van der Waals surface area contributed by atoms with Crippen LogP contribution in [0.25, 0.3) is 0 Å². The Morgan fingerprint density at radius 2 is 2.33 bits per heavy atom. The van der Waals surface area contributed by atoms with Crippen molar-refractivity contribution in [2.75, 3.05) is 0 Å². The maximum atomic E-state index is 5.12. The zero-order chi connectivity index (χ0) is 8.39. The highest BCUT2D eigenvalue weighted by Gasteiger charge is 2.18. The first kappa shape index (κ1) is 7.66. The van der Waals surface area contributed by atoms with Crippen LogP contribution in [0.4, 0.5) is 0 Å². The molecule has 0 saturated heterocycles. The van der Waals surface area contributed by atoms with Crippen LogP contribution in [-0.2, 0) is 4.74 Å². The smallest absolute Gasteiger partial charge is 0.0939 e. The fourth-order valence-electron chi connectivity index (χ4n) is 1.83. The van der Waals surface area contributed by atoms with E-state index in [2.05, 4.69) is 13.0 Å². The van der Waals surface area contributed by atoms with Crippen molar-refractivity contribution < 1.29 is 4.74 Å². The Balaban J connectivity index is 2.26. The van der Waals surface area contributed by atoms with Crippen LogP contribution >= 0.6 is 0 Å². The molecule has 0 aromatic heterocycles. The van der Waals surface area contributed by atoms with Gasteiger partial charge in [-0.25, -0.2) is 0 Å². The molecule has 1 heterocycles. The van der Waals surface area contributed by atoms with Gasteiger partial charge in [0.1, 0.15) is 0 Å². The molecule has 0 bridgehead atoms. The highest BCUT2D eigenvalue weighted by atomic mass is 16.5. The van der Waals surface area contributed by atoms with Gasteiger partial charge in [0.25, 0.3) is 0 Å². The monoisotopic (exact) mass is 161 g/mol. The Hall–Kier alpha value is -0.980. The van der Waals surface area contributed by atoms with Crippen molar-refractivity contribution in [2.24, 2.45) is 0 Å². The molecule has 1 heteroatoms. The molecule has 0 N–H and O–H groups in total. The summed E-state index contributed by atoms with van der Waals surface area (Å²) in [5.41, 5.74) is 4.32. The summed E-state index contributed by atoms with van der Waals surface area (Å²) >= 11 is 0. The molecule has 12 heavy (non-hydrogen) atoms. The maximum absolute atomic E-state index is 5.12. The molecule has 1 aliphatic heterocycles. The van der Waals surface area contributed by atoms with Gasteiger partial charge in [0.2, 0.25) is 0 Å². The number of rotatable bonds is 2. The molecule has 0 atom stereocenters. The minimum atomic E-state index is 1.00. The van der Waals surface area contributed by atoms with Gasteiger partial charge in [0, 0.05) is 0 Å². The van der Waals surface area contributed by atoms with E-state index in [1.807, 2.05) is 6.26 Å². The van der Waals surface area contributed by atoms with Gasteiger partial charge in [-0.05, 0) is 42.9 Å². The topological polar surface area (TPSA) is 9.23 Å². The average molecular weight is 161 g/mol. The lowest BCUT2D eigenvalue weighted by Gasteiger charge is -2.06. The molecule has 63 valence electrons. The van der Waals surface area contributed by atoms with E-state index in [1.165, 1.54) is 17.6 Å². The first-order chi connectivity index (χ1) is 5.92. The molecule has 0 aromatic carbocycles. The number of hydrogen-bond acceptors (Lipinski definition) is 1. The second-order valence-electron chi connectivity index (χ2n) is 3.20. The number of hydrogen-bond donors (Lipinski definition) is 0. The first-order valence-corrected chi connectivity index (χ1v) is 4.44. The van der Waals surface area contributed by atoms with Crippen LogP contribution in [-0.4, -0.2) is 0 Å². The largest absolute Gasteiger partial charge is 0.472 e. The predicted octanol–water partition coefficient (Wildman–Crippen LogP) is 3.12. The van der Waals surface area contributed by atoms with Gasteiger partial charge in [0.05, 0.1) is 12.5 Å². The summed E-state index contributed by atoms with van der Waals surface area (Å²) in [6.45, 7) is 3.88. The van der Waals surface area contributed by atoms with Crippen LogP contribution in [0.1, 0.15) is 25.7 Å². The van der Waals surface area contributed by atoms with Crippen molar-refractivity contribution in [1.29, 1.82) is 0 Å². The van der Waals surface area contributed by atoms with Crippen molar-refractivity contribution >= 4 is 0 Å². The highest BCUT2D eigenvalue weighted by Crippen LogP contribution is 2.36. The summed E-state index contributed by atoms with van der Waals surface area (Å²) in [6, 6.07) is 0. The number of fused-ring (bicyclic) bond motifs is 1. The normalized spacial score (nSPS) is 20.6. The Kier molecular flexibility index (Phi) is 2.03. The van der Waals surface area contributed by atoms with Gasteiger partial charge in [-0.3, -0.25) is 0 Å². The van der Waals surface area contributed by atoms with Gasteiger partial charge in [-0.2, -0.15) is 0 Å². The second-order valence-corrected chi connectivity index (χ2v) is 3.20. The molecule has 1 aliphatic carbocycles. The van der Waals surface area contributed by atoms with Gasteiger partial charge in [-0.15, -0.1) is 0 Å². The summed E-state index contributed by atoms with van der Waals surface area (Å²) in [5, 5.41) is 0. The third kappa shape index (κ3) is 1.20. The van der Waals surface area contributed by atoms with E-state index in [1.54, 1.807) is 11.8 Å². The van der Waals surface area contributed by atoms with E-state index >= 15 is 0 Å². The van der Waals surface area contributed by atoms with Crippen molar-refractivity contribution in [3.05, 3.63) is 42.2 Å². The molecule has 1 nitrogen and oxygen atoms in total. The molecule has 1 radical (unpaired) electrons. The van der Waals surface area contributed by atoms with E-state index in [9.17, 15) is 0 Å². The molecule has 2 aliphatic rings. The first-order valence-electron chi connectivity index (χ1n) is 4.44. The summed E-state index contributed by atoms with van der Waals surface area (Å²) in [6.07, 6.45) is 10.2. The van der Waals surface area contributed by atoms with Crippen molar-refractivity contribution in [2.45, 2.75) is 25.7 Å². The number of ether oxygens (including phenoxy) is 1. The lowest BCUT2D eigenvalue weighted by atomic mass is 10.0. The summed E-state index contributed by atoms with van der Waals surface area (Å²) in [7, 11) is 0. The Morgan fingerprint density at radius 1 is 1.42 bits per heavy atom. The SMILES string of the molecule is [CH2]CCC1=C2C=COC=C2CC1. The van der Waals surface area contributed by atoms with Crippen LogP contribution in [0.5, 0.6) is 0 Å². The fraction of sp³-hybridized carbons (Fsp3) is 0.364. The fourth-order valence-corrected chi connectivity index (χ4v) is 1.83. The van der Waals surface area contributed by atoms with E-state index in [0.717, 1.165) is 19.3 Å². The van der Waals surface area contributed by atoms with E-state index < -0.39 is 0 Å². The predicted molar refractivity (Wildman–Crippen MR) is 49.2 cm³/mol. The average Bonchev–Trinajstić information content (AvgIpc) is 2.50. The van der Waals surface area contributed by atoms with Gasteiger partial charge in [0.15, 0.2) is 0 Å². The molecular weight excluding hydrogens is 148 g/mol. The Bertz CT molecular complexity index is 269. The summed E-state index contributed by atoms with van der Waals surface area (Å²) < 4.78 is 5.12. The minimum absolute atomic E-state index is 1.00. The minimum Gasteiger partial charge on any atom is -0.472 e.